The van der Waals surface area contributed by atoms with Crippen molar-refractivity contribution in [3.8, 4) is 6.07 Å². The Kier molecular flexibility index (Phi) is 3.97. The number of nitrogens with zero attached hydrogens (tertiary/aromatic N) is 2. The summed E-state index contributed by atoms with van der Waals surface area (Å²) in [6, 6.07) is 8.51. The van der Waals surface area contributed by atoms with Crippen LogP contribution in [0.5, 0.6) is 0 Å². The standard InChI is InChI=1S/C13H10N4O4/c14-6-8-1-3-10(11(5-8)17(19)20)16-13(18)12-4-2-9(7-15)21-12/h1-5H,7,15H2,(H,16,18). The van der Waals surface area contributed by atoms with E-state index >= 15 is 0 Å². The van der Waals surface area contributed by atoms with Crippen molar-refractivity contribution in [2.75, 3.05) is 5.32 Å². The minimum atomic E-state index is -0.677. The largest absolute Gasteiger partial charge is 0.455 e. The molecule has 0 spiro atoms. The molecule has 106 valence electrons. The molecule has 3 N–H and O–H groups in total. The molecule has 2 rings (SSSR count). The molecule has 21 heavy (non-hydrogen) atoms. The maximum absolute atomic E-state index is 11.9. The van der Waals surface area contributed by atoms with Gasteiger partial charge in [-0.15, -0.1) is 0 Å². The second kappa shape index (κ2) is 5.85. The maximum Gasteiger partial charge on any atom is 0.294 e. The number of hydrogen-bond acceptors (Lipinski definition) is 6. The molecule has 8 heteroatoms. The van der Waals surface area contributed by atoms with E-state index in [4.69, 9.17) is 15.4 Å². The van der Waals surface area contributed by atoms with Gasteiger partial charge < -0.3 is 15.5 Å². The monoisotopic (exact) mass is 286 g/mol. The third kappa shape index (κ3) is 3.05. The third-order valence-electron chi connectivity index (χ3n) is 2.66. The summed E-state index contributed by atoms with van der Waals surface area (Å²) in [5.41, 5.74) is 5.11. The number of carbonyl (C=O) groups is 1. The van der Waals surface area contributed by atoms with Crippen molar-refractivity contribution >= 4 is 17.3 Å². The number of hydrogen-bond donors (Lipinski definition) is 2. The number of nitrogens with two attached hydrogens (primary N) is 1. The van der Waals surface area contributed by atoms with Crippen LogP contribution in [-0.2, 0) is 6.54 Å². The van der Waals surface area contributed by atoms with Crippen LogP contribution in [0, 0.1) is 21.4 Å². The molecule has 1 heterocycles. The second-order valence-corrected chi connectivity index (χ2v) is 4.03. The summed E-state index contributed by atoms with van der Waals surface area (Å²) in [7, 11) is 0. The summed E-state index contributed by atoms with van der Waals surface area (Å²) in [5, 5.41) is 22.1. The zero-order valence-electron chi connectivity index (χ0n) is 10.7. The molecule has 1 aromatic heterocycles. The number of rotatable bonds is 4. The van der Waals surface area contributed by atoms with Crippen LogP contribution in [0.25, 0.3) is 0 Å². The van der Waals surface area contributed by atoms with E-state index in [9.17, 15) is 14.9 Å². The van der Waals surface area contributed by atoms with Crippen LogP contribution in [0.2, 0.25) is 0 Å². The van der Waals surface area contributed by atoms with Gasteiger partial charge in [-0.2, -0.15) is 5.26 Å². The normalized spacial score (nSPS) is 9.90. The number of amides is 1. The van der Waals surface area contributed by atoms with E-state index in [1.165, 1.54) is 18.2 Å². The Hall–Kier alpha value is -3.18. The van der Waals surface area contributed by atoms with Gasteiger partial charge in [0.1, 0.15) is 11.4 Å². The highest BCUT2D eigenvalue weighted by Gasteiger charge is 2.19. The molecule has 1 aromatic carbocycles. The molecule has 0 atom stereocenters. The lowest BCUT2D eigenvalue weighted by molar-refractivity contribution is -0.383. The molecular weight excluding hydrogens is 276 g/mol. The molecule has 0 aliphatic heterocycles. The first-order chi connectivity index (χ1) is 10.0. The molecule has 1 amide bonds. The van der Waals surface area contributed by atoms with Crippen molar-refractivity contribution in [2.45, 2.75) is 6.54 Å². The summed E-state index contributed by atoms with van der Waals surface area (Å²) >= 11 is 0. The number of nitro benzene ring substituents is 1. The van der Waals surface area contributed by atoms with Crippen molar-refractivity contribution in [2.24, 2.45) is 5.73 Å². The first-order valence-corrected chi connectivity index (χ1v) is 5.84. The van der Waals surface area contributed by atoms with E-state index in [0.717, 1.165) is 6.07 Å². The zero-order chi connectivity index (χ0) is 15.4. The molecule has 0 aliphatic carbocycles. The summed E-state index contributed by atoms with van der Waals surface area (Å²) in [6.07, 6.45) is 0. The molecule has 0 fully saturated rings. The van der Waals surface area contributed by atoms with Gasteiger partial charge in [-0.1, -0.05) is 0 Å². The molecular formula is C13H10N4O4. The Labute approximate surface area is 118 Å². The number of furan rings is 1. The van der Waals surface area contributed by atoms with Crippen molar-refractivity contribution in [1.82, 2.24) is 0 Å². The Bertz CT molecular complexity index is 745. The average molecular weight is 286 g/mol. The van der Waals surface area contributed by atoms with Crippen LogP contribution in [0.4, 0.5) is 11.4 Å². The Morgan fingerprint density at radius 2 is 2.19 bits per heavy atom. The van der Waals surface area contributed by atoms with Gasteiger partial charge in [-0.3, -0.25) is 14.9 Å². The van der Waals surface area contributed by atoms with E-state index in [1.807, 2.05) is 0 Å². The van der Waals surface area contributed by atoms with Gasteiger partial charge in [0.2, 0.25) is 0 Å². The van der Waals surface area contributed by atoms with Gasteiger partial charge in [0.15, 0.2) is 5.76 Å². The number of benzene rings is 1. The minimum absolute atomic E-state index is 0.00546. The first-order valence-electron chi connectivity index (χ1n) is 5.84. The lowest BCUT2D eigenvalue weighted by Crippen LogP contribution is -2.12. The topological polar surface area (TPSA) is 135 Å². The van der Waals surface area contributed by atoms with E-state index in [2.05, 4.69) is 5.32 Å². The molecule has 2 aromatic rings. The van der Waals surface area contributed by atoms with Gasteiger partial charge in [-0.05, 0) is 24.3 Å². The number of carbonyl (C=O) groups excluding carboxylic acids is 1. The Balaban J connectivity index is 2.28. The summed E-state index contributed by atoms with van der Waals surface area (Å²) < 4.78 is 5.15. The number of nitro groups is 1. The third-order valence-corrected chi connectivity index (χ3v) is 2.66. The number of anilines is 1. The van der Waals surface area contributed by atoms with Crippen molar-refractivity contribution in [1.29, 1.82) is 5.26 Å². The molecule has 0 saturated carbocycles. The predicted molar refractivity (Wildman–Crippen MR) is 72.4 cm³/mol. The van der Waals surface area contributed by atoms with Crippen LogP contribution in [0.15, 0.2) is 34.7 Å². The first kappa shape index (κ1) is 14.2. The highest BCUT2D eigenvalue weighted by molar-refractivity contribution is 6.03. The lowest BCUT2D eigenvalue weighted by atomic mass is 10.2. The van der Waals surface area contributed by atoms with E-state index in [1.54, 1.807) is 12.1 Å². The minimum Gasteiger partial charge on any atom is -0.455 e. The smallest absolute Gasteiger partial charge is 0.294 e. The van der Waals surface area contributed by atoms with E-state index in [-0.39, 0.29) is 29.2 Å². The fourth-order valence-electron chi connectivity index (χ4n) is 1.65. The van der Waals surface area contributed by atoms with Gasteiger partial charge in [0.25, 0.3) is 11.6 Å². The summed E-state index contributed by atoms with van der Waals surface area (Å²) in [6.45, 7) is 0.143. The quantitative estimate of drug-likeness (QED) is 0.649. The zero-order valence-corrected chi connectivity index (χ0v) is 10.7. The van der Waals surface area contributed by atoms with Crippen LogP contribution < -0.4 is 11.1 Å². The van der Waals surface area contributed by atoms with E-state index in [0.29, 0.717) is 5.76 Å². The van der Waals surface area contributed by atoms with E-state index < -0.39 is 10.8 Å². The maximum atomic E-state index is 11.9. The van der Waals surface area contributed by atoms with Crippen LogP contribution in [0.3, 0.4) is 0 Å². The summed E-state index contributed by atoms with van der Waals surface area (Å²) in [4.78, 5) is 22.2. The molecule has 8 nitrogen and oxygen atoms in total. The van der Waals surface area contributed by atoms with Gasteiger partial charge >= 0.3 is 0 Å². The second-order valence-electron chi connectivity index (χ2n) is 4.03. The SMILES string of the molecule is N#Cc1ccc(NC(=O)c2ccc(CN)o2)c([N+](=O)[O-])c1. The molecule has 0 saturated heterocycles. The van der Waals surface area contributed by atoms with Gasteiger partial charge in [0, 0.05) is 6.07 Å². The fraction of sp³-hybridized carbons (Fsp3) is 0.0769. The molecule has 0 bridgehead atoms. The van der Waals surface area contributed by atoms with Crippen LogP contribution in [-0.4, -0.2) is 10.8 Å². The summed E-state index contributed by atoms with van der Waals surface area (Å²) in [5.74, 6) is -0.217. The number of nitrogens with one attached hydrogen (secondary N) is 1. The lowest BCUT2D eigenvalue weighted by Gasteiger charge is -2.04. The highest BCUT2D eigenvalue weighted by Crippen LogP contribution is 2.26. The Morgan fingerprint density at radius 1 is 1.43 bits per heavy atom. The van der Waals surface area contributed by atoms with Crippen molar-refractivity contribution in [3.05, 3.63) is 57.5 Å². The molecule has 0 aliphatic rings. The number of nitriles is 1. The average Bonchev–Trinajstić information content (AvgIpc) is 2.96. The van der Waals surface area contributed by atoms with Crippen molar-refractivity contribution in [3.63, 3.8) is 0 Å². The Morgan fingerprint density at radius 3 is 2.76 bits per heavy atom. The van der Waals surface area contributed by atoms with Gasteiger partial charge in [-0.25, -0.2) is 0 Å². The highest BCUT2D eigenvalue weighted by atomic mass is 16.6. The predicted octanol–water partition coefficient (Wildman–Crippen LogP) is 1.77. The molecule has 0 unspecified atom stereocenters. The van der Waals surface area contributed by atoms with Crippen LogP contribution >= 0.6 is 0 Å². The molecule has 0 radical (unpaired) electrons. The van der Waals surface area contributed by atoms with Gasteiger partial charge in [0.05, 0.1) is 23.1 Å². The van der Waals surface area contributed by atoms with Crippen LogP contribution in [0.1, 0.15) is 21.9 Å². The van der Waals surface area contributed by atoms with Crippen molar-refractivity contribution < 1.29 is 14.1 Å². The fourth-order valence-corrected chi connectivity index (χ4v) is 1.65.